The van der Waals surface area contributed by atoms with Gasteiger partial charge in [-0.3, -0.25) is 0 Å². The first kappa shape index (κ1) is 11.7. The Morgan fingerprint density at radius 1 is 1.26 bits per heavy atom. The monoisotopic (exact) mass is 258 g/mol. The van der Waals surface area contributed by atoms with Crippen LogP contribution in [0.3, 0.4) is 0 Å². The van der Waals surface area contributed by atoms with E-state index < -0.39 is 0 Å². The van der Waals surface area contributed by atoms with Crippen molar-refractivity contribution in [1.29, 1.82) is 0 Å². The van der Waals surface area contributed by atoms with Crippen molar-refractivity contribution in [2.24, 2.45) is 5.92 Å². The minimum atomic E-state index is 0.566. The molecule has 2 saturated heterocycles. The molecule has 3 heterocycles. The van der Waals surface area contributed by atoms with Gasteiger partial charge >= 0.3 is 0 Å². The summed E-state index contributed by atoms with van der Waals surface area (Å²) in [7, 11) is 0. The molecule has 102 valence electrons. The normalized spacial score (nSPS) is 33.8. The van der Waals surface area contributed by atoms with Gasteiger partial charge in [-0.05, 0) is 31.4 Å². The molecule has 3 aliphatic rings. The molecule has 1 aromatic rings. The molecule has 0 spiro atoms. The molecular formula is C16H22N2O. The van der Waals surface area contributed by atoms with E-state index in [-0.39, 0.29) is 0 Å². The van der Waals surface area contributed by atoms with Crippen molar-refractivity contribution in [2.75, 3.05) is 32.8 Å². The Labute approximate surface area is 114 Å². The molecule has 3 atom stereocenters. The average molecular weight is 258 g/mol. The Bertz CT molecular complexity index is 448. The van der Waals surface area contributed by atoms with E-state index in [0.29, 0.717) is 5.92 Å². The van der Waals surface area contributed by atoms with Gasteiger partial charge in [-0.2, -0.15) is 0 Å². The van der Waals surface area contributed by atoms with Crippen molar-refractivity contribution < 1.29 is 4.74 Å². The Morgan fingerprint density at radius 3 is 3.16 bits per heavy atom. The lowest BCUT2D eigenvalue weighted by atomic mass is 9.94. The molecule has 1 N–H and O–H groups in total. The highest BCUT2D eigenvalue weighted by Gasteiger charge is 2.36. The number of para-hydroxylation sites is 1. The number of ether oxygens (including phenoxy) is 1. The summed E-state index contributed by atoms with van der Waals surface area (Å²) >= 11 is 0. The highest BCUT2D eigenvalue weighted by molar-refractivity contribution is 5.39. The molecule has 0 saturated carbocycles. The molecule has 4 rings (SSSR count). The Hall–Kier alpha value is -1.06. The van der Waals surface area contributed by atoms with Crippen molar-refractivity contribution >= 4 is 0 Å². The largest absolute Gasteiger partial charge is 0.493 e. The molecule has 19 heavy (non-hydrogen) atoms. The van der Waals surface area contributed by atoms with Crippen LogP contribution in [0.15, 0.2) is 24.3 Å². The van der Waals surface area contributed by atoms with Crippen molar-refractivity contribution in [1.82, 2.24) is 10.2 Å². The summed E-state index contributed by atoms with van der Waals surface area (Å²) in [4.78, 5) is 2.64. The molecule has 3 nitrogen and oxygen atoms in total. The van der Waals surface area contributed by atoms with Crippen LogP contribution in [0.4, 0.5) is 0 Å². The lowest BCUT2D eigenvalue weighted by Gasteiger charge is -2.24. The standard InChI is InChI=1S/C16H22N2O/c1-2-6-16-14(5-1)13(11-19-16)9-18-8-12-4-3-7-17-15(12)10-18/h1-2,5-6,12-13,15,17H,3-4,7-11H2/t12-,13?,15+/m0/s1. The van der Waals surface area contributed by atoms with Gasteiger partial charge in [0, 0.05) is 37.2 Å². The minimum absolute atomic E-state index is 0.566. The molecule has 0 bridgehead atoms. The summed E-state index contributed by atoms with van der Waals surface area (Å²) in [6.07, 6.45) is 2.76. The fourth-order valence-corrected chi connectivity index (χ4v) is 3.98. The predicted octanol–water partition coefficient (Wildman–Crippen LogP) is 1.85. The summed E-state index contributed by atoms with van der Waals surface area (Å²) < 4.78 is 5.80. The maximum Gasteiger partial charge on any atom is 0.122 e. The highest BCUT2D eigenvalue weighted by Crippen LogP contribution is 2.35. The molecule has 0 aromatic heterocycles. The number of piperidine rings is 1. The van der Waals surface area contributed by atoms with Crippen LogP contribution in [0.1, 0.15) is 24.3 Å². The summed E-state index contributed by atoms with van der Waals surface area (Å²) in [5, 5.41) is 3.68. The fraction of sp³-hybridized carbons (Fsp3) is 0.625. The first-order chi connectivity index (χ1) is 9.40. The zero-order chi connectivity index (χ0) is 12.7. The molecule has 3 aliphatic heterocycles. The van der Waals surface area contributed by atoms with Gasteiger partial charge in [0.1, 0.15) is 5.75 Å². The molecule has 0 aliphatic carbocycles. The van der Waals surface area contributed by atoms with Gasteiger partial charge in [0.05, 0.1) is 6.61 Å². The molecule has 0 radical (unpaired) electrons. The SMILES string of the molecule is c1ccc2c(c1)OCC2CN1C[C@@H]2CCCN[C@@H]2C1. The first-order valence-electron chi connectivity index (χ1n) is 7.57. The van der Waals surface area contributed by atoms with E-state index in [1.165, 1.54) is 38.0 Å². The molecule has 3 heteroatoms. The van der Waals surface area contributed by atoms with Crippen LogP contribution in [-0.2, 0) is 0 Å². The number of fused-ring (bicyclic) bond motifs is 2. The quantitative estimate of drug-likeness (QED) is 0.876. The van der Waals surface area contributed by atoms with Gasteiger partial charge in [0.15, 0.2) is 0 Å². The lowest BCUT2D eigenvalue weighted by molar-refractivity contribution is 0.260. The lowest BCUT2D eigenvalue weighted by Crippen LogP contribution is -2.40. The third-order valence-corrected chi connectivity index (χ3v) is 4.95. The molecule has 1 aromatic carbocycles. The second-order valence-corrected chi connectivity index (χ2v) is 6.23. The topological polar surface area (TPSA) is 24.5 Å². The zero-order valence-corrected chi connectivity index (χ0v) is 11.3. The number of rotatable bonds is 2. The first-order valence-corrected chi connectivity index (χ1v) is 7.57. The van der Waals surface area contributed by atoms with Crippen molar-refractivity contribution in [3.8, 4) is 5.75 Å². The summed E-state index contributed by atoms with van der Waals surface area (Å²) in [5.74, 6) is 2.55. The second kappa shape index (κ2) is 4.80. The van der Waals surface area contributed by atoms with Gasteiger partial charge in [0.2, 0.25) is 0 Å². The number of hydrogen-bond donors (Lipinski definition) is 1. The van der Waals surface area contributed by atoms with Crippen LogP contribution >= 0.6 is 0 Å². The maximum absolute atomic E-state index is 5.80. The van der Waals surface area contributed by atoms with Gasteiger partial charge in [0.25, 0.3) is 0 Å². The van der Waals surface area contributed by atoms with Crippen molar-refractivity contribution in [3.05, 3.63) is 29.8 Å². The maximum atomic E-state index is 5.80. The van der Waals surface area contributed by atoms with Crippen LogP contribution < -0.4 is 10.1 Å². The van der Waals surface area contributed by atoms with Gasteiger partial charge < -0.3 is 15.0 Å². The second-order valence-electron chi connectivity index (χ2n) is 6.23. The number of benzene rings is 1. The summed E-state index contributed by atoms with van der Waals surface area (Å²) in [6.45, 7) is 5.73. The zero-order valence-electron chi connectivity index (χ0n) is 11.3. The molecule has 2 fully saturated rings. The van der Waals surface area contributed by atoms with E-state index >= 15 is 0 Å². The third-order valence-electron chi connectivity index (χ3n) is 4.95. The molecule has 0 amide bonds. The summed E-state index contributed by atoms with van der Waals surface area (Å²) in [6, 6.07) is 9.27. The van der Waals surface area contributed by atoms with Gasteiger partial charge in [-0.25, -0.2) is 0 Å². The van der Waals surface area contributed by atoms with E-state index in [2.05, 4.69) is 34.5 Å². The van der Waals surface area contributed by atoms with E-state index in [4.69, 9.17) is 4.74 Å². The van der Waals surface area contributed by atoms with Gasteiger partial charge in [-0.1, -0.05) is 18.2 Å². The number of hydrogen-bond acceptors (Lipinski definition) is 3. The Morgan fingerprint density at radius 2 is 2.21 bits per heavy atom. The van der Waals surface area contributed by atoms with E-state index in [9.17, 15) is 0 Å². The van der Waals surface area contributed by atoms with Crippen LogP contribution in [0.5, 0.6) is 5.75 Å². The number of likely N-dealkylation sites (tertiary alicyclic amines) is 1. The minimum Gasteiger partial charge on any atom is -0.493 e. The summed E-state index contributed by atoms with van der Waals surface area (Å²) in [5.41, 5.74) is 1.41. The van der Waals surface area contributed by atoms with E-state index in [1.54, 1.807) is 0 Å². The smallest absolute Gasteiger partial charge is 0.122 e. The highest BCUT2D eigenvalue weighted by atomic mass is 16.5. The molecule has 1 unspecified atom stereocenters. The Kier molecular flexibility index (Phi) is 2.97. The van der Waals surface area contributed by atoms with Crippen LogP contribution in [0, 0.1) is 5.92 Å². The van der Waals surface area contributed by atoms with Gasteiger partial charge in [-0.15, -0.1) is 0 Å². The van der Waals surface area contributed by atoms with Crippen LogP contribution in [-0.4, -0.2) is 43.7 Å². The van der Waals surface area contributed by atoms with E-state index in [0.717, 1.165) is 30.9 Å². The van der Waals surface area contributed by atoms with E-state index in [1.807, 2.05) is 0 Å². The van der Waals surface area contributed by atoms with Crippen molar-refractivity contribution in [2.45, 2.75) is 24.8 Å². The van der Waals surface area contributed by atoms with Crippen LogP contribution in [0.2, 0.25) is 0 Å². The fourth-order valence-electron chi connectivity index (χ4n) is 3.98. The third kappa shape index (κ3) is 2.15. The molecular weight excluding hydrogens is 236 g/mol. The number of nitrogens with zero attached hydrogens (tertiary/aromatic N) is 1. The number of nitrogens with one attached hydrogen (secondary N) is 1. The predicted molar refractivity (Wildman–Crippen MR) is 75.6 cm³/mol. The van der Waals surface area contributed by atoms with Crippen molar-refractivity contribution in [3.63, 3.8) is 0 Å². The Balaban J connectivity index is 1.43. The average Bonchev–Trinajstić information content (AvgIpc) is 3.03. The van der Waals surface area contributed by atoms with Crippen LogP contribution in [0.25, 0.3) is 0 Å².